The second-order valence-electron chi connectivity index (χ2n) is 7.67. The van der Waals surface area contributed by atoms with Crippen LogP contribution >= 0.6 is 0 Å². The lowest BCUT2D eigenvalue weighted by molar-refractivity contribution is -0.123. The number of imidazole rings is 1. The van der Waals surface area contributed by atoms with Gasteiger partial charge in [-0.1, -0.05) is 0 Å². The molecule has 35 heavy (non-hydrogen) atoms. The third-order valence-corrected chi connectivity index (χ3v) is 5.58. The molecule has 3 aromatic rings. The summed E-state index contributed by atoms with van der Waals surface area (Å²) in [5.41, 5.74) is 3.60. The van der Waals surface area contributed by atoms with Gasteiger partial charge in [0.15, 0.2) is 0 Å². The lowest BCUT2D eigenvalue weighted by Crippen LogP contribution is -2.39. The summed E-state index contributed by atoms with van der Waals surface area (Å²) < 4.78 is 7.16. The van der Waals surface area contributed by atoms with Crippen LogP contribution < -0.4 is 4.90 Å². The van der Waals surface area contributed by atoms with Crippen LogP contribution in [0.4, 0.5) is 5.82 Å². The molecule has 13 heteroatoms. The summed E-state index contributed by atoms with van der Waals surface area (Å²) in [7, 11) is 1.89. The summed E-state index contributed by atoms with van der Waals surface area (Å²) in [6, 6.07) is 3.78. The van der Waals surface area contributed by atoms with Crippen molar-refractivity contribution in [2.45, 2.75) is 12.5 Å². The van der Waals surface area contributed by atoms with Crippen LogP contribution in [-0.4, -0.2) is 91.5 Å². The van der Waals surface area contributed by atoms with E-state index in [1.165, 1.54) is 0 Å². The average Bonchev–Trinajstić information content (AvgIpc) is 3.53. The molecular formula is C22H27N7O6. The summed E-state index contributed by atoms with van der Waals surface area (Å²) in [6.45, 7) is 3.63. The van der Waals surface area contributed by atoms with Crippen molar-refractivity contribution in [1.29, 1.82) is 0 Å². The predicted molar refractivity (Wildman–Crippen MR) is 123 cm³/mol. The number of amides is 1. The van der Waals surface area contributed by atoms with Crippen molar-refractivity contribution >= 4 is 24.7 Å². The number of ether oxygens (including phenoxy) is 1. The van der Waals surface area contributed by atoms with Gasteiger partial charge in [-0.05, 0) is 12.1 Å². The SMILES string of the molecule is Cn1cc(C2CN(C(=O)c3ccc(N4CCOCC4)nc3)Cc3[nH]cnc32)cn1.O=CO.O=CO. The number of carbonyl (C=O) groups is 3. The third-order valence-electron chi connectivity index (χ3n) is 5.58. The van der Waals surface area contributed by atoms with Crippen molar-refractivity contribution in [3.63, 3.8) is 0 Å². The second kappa shape index (κ2) is 12.3. The lowest BCUT2D eigenvalue weighted by Gasteiger charge is -2.32. The fourth-order valence-corrected chi connectivity index (χ4v) is 4.03. The van der Waals surface area contributed by atoms with Gasteiger partial charge in [-0.25, -0.2) is 9.97 Å². The fraction of sp³-hybridized carbons (Fsp3) is 0.364. The van der Waals surface area contributed by atoms with Gasteiger partial charge in [0.1, 0.15) is 5.82 Å². The maximum Gasteiger partial charge on any atom is 0.290 e. The largest absolute Gasteiger partial charge is 0.483 e. The molecule has 2 aliphatic rings. The van der Waals surface area contributed by atoms with Gasteiger partial charge in [0, 0.05) is 50.6 Å². The van der Waals surface area contributed by atoms with E-state index in [2.05, 4.69) is 25.0 Å². The zero-order valence-electron chi connectivity index (χ0n) is 19.1. The number of fused-ring (bicyclic) bond motifs is 1. The van der Waals surface area contributed by atoms with Crippen LogP contribution in [0.3, 0.4) is 0 Å². The van der Waals surface area contributed by atoms with E-state index in [0.29, 0.717) is 31.9 Å². The number of hydrogen-bond acceptors (Lipinski definition) is 8. The van der Waals surface area contributed by atoms with E-state index in [1.54, 1.807) is 17.2 Å². The van der Waals surface area contributed by atoms with Gasteiger partial charge in [-0.15, -0.1) is 0 Å². The first-order chi connectivity index (χ1) is 17.0. The van der Waals surface area contributed by atoms with Crippen molar-refractivity contribution < 1.29 is 29.3 Å². The van der Waals surface area contributed by atoms with Crippen molar-refractivity contribution in [2.24, 2.45) is 7.05 Å². The molecule has 0 bridgehead atoms. The molecule has 0 saturated carbocycles. The van der Waals surface area contributed by atoms with Gasteiger partial charge in [0.25, 0.3) is 18.9 Å². The number of morpholine rings is 1. The number of pyridine rings is 1. The molecule has 1 unspecified atom stereocenters. The maximum absolute atomic E-state index is 13.2. The normalized spacial score (nSPS) is 16.7. The second-order valence-corrected chi connectivity index (χ2v) is 7.67. The third kappa shape index (κ3) is 6.20. The number of aromatic nitrogens is 5. The Morgan fingerprint density at radius 1 is 1.14 bits per heavy atom. The monoisotopic (exact) mass is 485 g/mol. The Hall–Kier alpha value is -4.26. The molecule has 0 aromatic carbocycles. The maximum atomic E-state index is 13.2. The van der Waals surface area contributed by atoms with E-state index in [-0.39, 0.29) is 24.8 Å². The van der Waals surface area contributed by atoms with Crippen LogP contribution in [0.1, 0.15) is 33.2 Å². The Kier molecular flexibility index (Phi) is 8.89. The van der Waals surface area contributed by atoms with Crippen molar-refractivity contribution in [3.05, 3.63) is 59.6 Å². The summed E-state index contributed by atoms with van der Waals surface area (Å²) in [5, 5.41) is 18.1. The quantitative estimate of drug-likeness (QED) is 0.446. The van der Waals surface area contributed by atoms with Crippen LogP contribution in [-0.2, 0) is 27.9 Å². The smallest absolute Gasteiger partial charge is 0.290 e. The summed E-state index contributed by atoms with van der Waals surface area (Å²) in [6.07, 6.45) is 7.20. The molecule has 1 saturated heterocycles. The fourth-order valence-electron chi connectivity index (χ4n) is 4.03. The molecule has 0 spiro atoms. The molecule has 186 valence electrons. The molecule has 2 aliphatic heterocycles. The zero-order chi connectivity index (χ0) is 25.2. The number of rotatable bonds is 3. The van der Waals surface area contributed by atoms with Gasteiger partial charge >= 0.3 is 0 Å². The van der Waals surface area contributed by atoms with Crippen molar-refractivity contribution in [3.8, 4) is 0 Å². The van der Waals surface area contributed by atoms with Gasteiger partial charge in [-0.2, -0.15) is 5.10 Å². The standard InChI is InChI=1S/C20H23N7O2.2CH2O2/c1-25-10-15(9-24-25)16-11-27(12-17-19(16)23-13-22-17)20(28)14-2-3-18(21-8-14)26-4-6-29-7-5-26;2*2-1-3/h2-3,8-10,13,16H,4-7,11-12H2,1H3,(H,22,23);2*1H,(H,2,3). The van der Waals surface area contributed by atoms with E-state index in [0.717, 1.165) is 35.9 Å². The number of H-pyrrole nitrogens is 1. The van der Waals surface area contributed by atoms with Gasteiger partial charge < -0.3 is 29.7 Å². The van der Waals surface area contributed by atoms with E-state index in [1.807, 2.05) is 36.5 Å². The minimum Gasteiger partial charge on any atom is -0.483 e. The summed E-state index contributed by atoms with van der Waals surface area (Å²) in [5.74, 6) is 0.857. The first-order valence-electron chi connectivity index (χ1n) is 10.8. The van der Waals surface area contributed by atoms with Crippen LogP contribution in [0.25, 0.3) is 0 Å². The molecule has 3 N–H and O–H groups in total. The van der Waals surface area contributed by atoms with E-state index in [4.69, 9.17) is 24.5 Å². The minimum atomic E-state index is -0.250. The lowest BCUT2D eigenvalue weighted by atomic mass is 9.93. The molecule has 1 fully saturated rings. The average molecular weight is 486 g/mol. The van der Waals surface area contributed by atoms with E-state index < -0.39 is 0 Å². The van der Waals surface area contributed by atoms with Crippen molar-refractivity contribution in [1.82, 2.24) is 29.6 Å². The molecule has 5 rings (SSSR count). The van der Waals surface area contributed by atoms with Crippen LogP contribution in [0.5, 0.6) is 0 Å². The number of nitrogens with one attached hydrogen (secondary N) is 1. The van der Waals surface area contributed by atoms with Gasteiger partial charge in [-0.3, -0.25) is 19.1 Å². The number of carboxylic acid groups (broad SMARTS) is 2. The minimum absolute atomic E-state index is 0.00299. The highest BCUT2D eigenvalue weighted by atomic mass is 16.5. The highest BCUT2D eigenvalue weighted by molar-refractivity contribution is 5.94. The molecule has 1 atom stereocenters. The van der Waals surface area contributed by atoms with E-state index >= 15 is 0 Å². The number of carbonyl (C=O) groups excluding carboxylic acids is 1. The number of anilines is 1. The van der Waals surface area contributed by atoms with Crippen LogP contribution in [0, 0.1) is 0 Å². The number of nitrogens with zero attached hydrogens (tertiary/aromatic N) is 6. The molecular weight excluding hydrogens is 458 g/mol. The molecule has 0 aliphatic carbocycles. The Bertz CT molecular complexity index is 1100. The topological polar surface area (TPSA) is 167 Å². The predicted octanol–water partition coefficient (Wildman–Crippen LogP) is 0.564. The van der Waals surface area contributed by atoms with Crippen molar-refractivity contribution in [2.75, 3.05) is 37.7 Å². The highest BCUT2D eigenvalue weighted by Crippen LogP contribution is 2.32. The number of aromatic amines is 1. The Morgan fingerprint density at radius 3 is 2.46 bits per heavy atom. The molecule has 5 heterocycles. The summed E-state index contributed by atoms with van der Waals surface area (Å²) in [4.78, 5) is 46.1. The Labute approximate surface area is 201 Å². The number of hydrogen-bond donors (Lipinski definition) is 3. The van der Waals surface area contributed by atoms with Crippen LogP contribution in [0.2, 0.25) is 0 Å². The highest BCUT2D eigenvalue weighted by Gasteiger charge is 2.32. The summed E-state index contributed by atoms with van der Waals surface area (Å²) >= 11 is 0. The first-order valence-corrected chi connectivity index (χ1v) is 10.8. The van der Waals surface area contributed by atoms with Gasteiger partial charge in [0.2, 0.25) is 0 Å². The molecule has 0 radical (unpaired) electrons. The van der Waals surface area contributed by atoms with Crippen LogP contribution in [0.15, 0.2) is 37.1 Å². The zero-order valence-corrected chi connectivity index (χ0v) is 19.1. The molecule has 1 amide bonds. The molecule has 13 nitrogen and oxygen atoms in total. The first kappa shape index (κ1) is 25.4. The molecule has 3 aromatic heterocycles. The Balaban J connectivity index is 0.000000520. The Morgan fingerprint density at radius 2 is 1.86 bits per heavy atom. The van der Waals surface area contributed by atoms with Gasteiger partial charge in [0.05, 0.1) is 49.2 Å². The number of aryl methyl sites for hydroxylation is 1. The van der Waals surface area contributed by atoms with E-state index in [9.17, 15) is 4.79 Å².